The van der Waals surface area contributed by atoms with Crippen molar-refractivity contribution in [2.24, 2.45) is 0 Å². The number of amides is 1. The molecule has 1 aliphatic rings. The number of phenols is 1. The van der Waals surface area contributed by atoms with Crippen molar-refractivity contribution in [1.82, 2.24) is 4.90 Å². The zero-order valence-electron chi connectivity index (χ0n) is 10.1. The van der Waals surface area contributed by atoms with Gasteiger partial charge in [0.1, 0.15) is 10.1 Å². The Balaban J connectivity index is 2.37. The van der Waals surface area contributed by atoms with Gasteiger partial charge in [0.2, 0.25) is 0 Å². The van der Waals surface area contributed by atoms with Crippen molar-refractivity contribution in [2.75, 3.05) is 6.54 Å². The number of hydrogen-bond donors (Lipinski definition) is 1. The van der Waals surface area contributed by atoms with Gasteiger partial charge in [0, 0.05) is 10.6 Å². The van der Waals surface area contributed by atoms with Crippen LogP contribution in [0.5, 0.6) is 5.75 Å². The van der Waals surface area contributed by atoms with Crippen molar-refractivity contribution in [3.05, 3.63) is 32.6 Å². The quantitative estimate of drug-likeness (QED) is 0.650. The van der Waals surface area contributed by atoms with Crippen LogP contribution < -0.4 is 5.11 Å². The van der Waals surface area contributed by atoms with Crippen LogP contribution in [0.2, 0.25) is 10.0 Å². The van der Waals surface area contributed by atoms with E-state index in [1.165, 1.54) is 18.2 Å². The van der Waals surface area contributed by atoms with E-state index in [9.17, 15) is 19.8 Å². The molecular weight excluding hydrogens is 357 g/mol. The van der Waals surface area contributed by atoms with Crippen LogP contribution >= 0.6 is 47.2 Å². The predicted molar refractivity (Wildman–Crippen MR) is 83.0 cm³/mol. The highest BCUT2D eigenvalue weighted by Crippen LogP contribution is 2.37. The first kappa shape index (κ1) is 16.1. The number of carbonyl (C=O) groups is 2. The highest BCUT2D eigenvalue weighted by molar-refractivity contribution is 8.26. The molecule has 1 aromatic rings. The molecule has 21 heavy (non-hydrogen) atoms. The van der Waals surface area contributed by atoms with Crippen molar-refractivity contribution < 1.29 is 19.8 Å². The number of aliphatic carboxylic acids is 1. The summed E-state index contributed by atoms with van der Waals surface area (Å²) in [6.45, 7) is -0.621. The van der Waals surface area contributed by atoms with Crippen molar-refractivity contribution >= 4 is 69.5 Å². The van der Waals surface area contributed by atoms with E-state index >= 15 is 0 Å². The minimum atomic E-state index is -1.42. The number of thioether (sulfide) groups is 1. The molecule has 1 aromatic carbocycles. The standard InChI is InChI=1S/C12H7Cl2NO4S2/c13-6-1-5(10(18)7(14)3-6)2-8-11(19)15(4-9(16)17)12(20)21-8/h1-3,18H,4H2,(H,16,17)/p-1/b8-2-. The summed E-state index contributed by atoms with van der Waals surface area (Å²) in [5, 5.41) is 20.8. The number of thiocarbonyl (C=S) groups is 1. The number of rotatable bonds is 3. The molecule has 0 radical (unpaired) electrons. The Morgan fingerprint density at radius 2 is 2.14 bits per heavy atom. The maximum absolute atomic E-state index is 12.0. The van der Waals surface area contributed by atoms with Gasteiger partial charge in [-0.25, -0.2) is 0 Å². The van der Waals surface area contributed by atoms with Crippen LogP contribution in [0, 0.1) is 0 Å². The first-order chi connectivity index (χ1) is 9.79. The van der Waals surface area contributed by atoms with E-state index < -0.39 is 18.4 Å². The van der Waals surface area contributed by atoms with Crippen LogP contribution in [0.4, 0.5) is 0 Å². The van der Waals surface area contributed by atoms with E-state index in [1.807, 2.05) is 0 Å². The van der Waals surface area contributed by atoms with Crippen LogP contribution in [0.15, 0.2) is 17.0 Å². The first-order valence-corrected chi connectivity index (χ1v) is 7.41. The Hall–Kier alpha value is -1.28. The molecule has 110 valence electrons. The lowest BCUT2D eigenvalue weighted by Gasteiger charge is -2.14. The van der Waals surface area contributed by atoms with Gasteiger partial charge >= 0.3 is 0 Å². The molecule has 1 aliphatic heterocycles. The average molecular weight is 363 g/mol. The number of benzene rings is 1. The third kappa shape index (κ3) is 3.49. The number of nitrogens with zero attached hydrogens (tertiary/aromatic N) is 1. The fraction of sp³-hybridized carbons (Fsp3) is 0.0833. The number of carboxylic acid groups (broad SMARTS) is 1. The molecule has 0 bridgehead atoms. The number of phenolic OH excluding ortho intramolecular Hbond substituents is 1. The number of carboxylic acids is 1. The molecule has 1 fully saturated rings. The number of carbonyl (C=O) groups excluding carboxylic acids is 2. The summed E-state index contributed by atoms with van der Waals surface area (Å²) in [6.07, 6.45) is 1.35. The van der Waals surface area contributed by atoms with Crippen LogP contribution in [-0.4, -0.2) is 32.7 Å². The fourth-order valence-corrected chi connectivity index (χ4v) is 3.36. The summed E-state index contributed by atoms with van der Waals surface area (Å²) in [6, 6.07) is 2.78. The molecule has 0 spiro atoms. The molecule has 0 atom stereocenters. The second kappa shape index (κ2) is 6.23. The SMILES string of the molecule is O=C([O-])CN1C(=O)/C(=C/c2cc(Cl)cc(Cl)c2O)SC1=S. The molecule has 2 rings (SSSR count). The molecular formula is C12H6Cl2NO4S2-. The van der Waals surface area contributed by atoms with Gasteiger partial charge in [0.05, 0.1) is 22.4 Å². The fourth-order valence-electron chi connectivity index (χ4n) is 1.60. The van der Waals surface area contributed by atoms with Crippen LogP contribution in [0.25, 0.3) is 6.08 Å². The summed E-state index contributed by atoms with van der Waals surface area (Å²) >= 11 is 17.5. The van der Waals surface area contributed by atoms with Crippen LogP contribution in [0.3, 0.4) is 0 Å². The van der Waals surface area contributed by atoms with Gasteiger partial charge in [-0.2, -0.15) is 0 Å². The van der Waals surface area contributed by atoms with Crippen LogP contribution in [0.1, 0.15) is 5.56 Å². The molecule has 1 N–H and O–H groups in total. The Morgan fingerprint density at radius 3 is 2.76 bits per heavy atom. The lowest BCUT2D eigenvalue weighted by Crippen LogP contribution is -2.40. The highest BCUT2D eigenvalue weighted by atomic mass is 35.5. The Bertz CT molecular complexity index is 690. The van der Waals surface area contributed by atoms with E-state index in [0.717, 1.165) is 16.7 Å². The first-order valence-electron chi connectivity index (χ1n) is 5.43. The Labute approximate surface area is 139 Å². The Kier molecular flexibility index (Phi) is 4.77. The lowest BCUT2D eigenvalue weighted by atomic mass is 10.2. The number of aromatic hydroxyl groups is 1. The van der Waals surface area contributed by atoms with E-state index in [-0.39, 0.29) is 30.6 Å². The molecule has 1 amide bonds. The van der Waals surface area contributed by atoms with Crippen LogP contribution in [-0.2, 0) is 9.59 Å². The van der Waals surface area contributed by atoms with Gasteiger partial charge in [-0.3, -0.25) is 9.69 Å². The second-order valence-corrected chi connectivity index (χ2v) is 6.48. The summed E-state index contributed by atoms with van der Waals surface area (Å²) in [5.41, 5.74) is 0.237. The van der Waals surface area contributed by atoms with E-state index in [2.05, 4.69) is 0 Å². The zero-order chi connectivity index (χ0) is 15.7. The minimum Gasteiger partial charge on any atom is -0.548 e. The van der Waals surface area contributed by atoms with Gasteiger partial charge in [-0.05, 0) is 18.2 Å². The lowest BCUT2D eigenvalue weighted by molar-refractivity contribution is -0.305. The zero-order valence-corrected chi connectivity index (χ0v) is 13.3. The van der Waals surface area contributed by atoms with Gasteiger partial charge in [-0.1, -0.05) is 47.2 Å². The predicted octanol–water partition coefficient (Wildman–Crippen LogP) is 1.65. The molecule has 5 nitrogen and oxygen atoms in total. The Morgan fingerprint density at radius 1 is 1.48 bits per heavy atom. The molecule has 1 saturated heterocycles. The van der Waals surface area contributed by atoms with Crippen molar-refractivity contribution in [3.8, 4) is 5.75 Å². The normalized spacial score (nSPS) is 16.9. The highest BCUT2D eigenvalue weighted by Gasteiger charge is 2.32. The maximum Gasteiger partial charge on any atom is 0.266 e. The molecule has 9 heteroatoms. The largest absolute Gasteiger partial charge is 0.548 e. The average Bonchev–Trinajstić information content (AvgIpc) is 2.63. The van der Waals surface area contributed by atoms with Gasteiger partial charge in [0.25, 0.3) is 5.91 Å². The number of halogens is 2. The van der Waals surface area contributed by atoms with Gasteiger partial charge in [-0.15, -0.1) is 0 Å². The topological polar surface area (TPSA) is 80.7 Å². The number of hydrogen-bond acceptors (Lipinski definition) is 6. The van der Waals surface area contributed by atoms with E-state index in [4.69, 9.17) is 35.4 Å². The van der Waals surface area contributed by atoms with Gasteiger partial charge in [0.15, 0.2) is 0 Å². The third-order valence-electron chi connectivity index (χ3n) is 2.51. The monoisotopic (exact) mass is 362 g/mol. The van der Waals surface area contributed by atoms with Gasteiger partial charge < -0.3 is 15.0 Å². The second-order valence-electron chi connectivity index (χ2n) is 3.97. The molecule has 0 aliphatic carbocycles. The maximum atomic E-state index is 12.0. The third-order valence-corrected chi connectivity index (χ3v) is 4.39. The summed E-state index contributed by atoms with van der Waals surface area (Å²) in [5.74, 6) is -2.22. The van der Waals surface area contributed by atoms with Crippen molar-refractivity contribution in [2.45, 2.75) is 0 Å². The summed E-state index contributed by atoms with van der Waals surface area (Å²) < 4.78 is 0.100. The molecule has 0 aromatic heterocycles. The summed E-state index contributed by atoms with van der Waals surface area (Å²) in [4.78, 5) is 23.7. The van der Waals surface area contributed by atoms with Crippen molar-refractivity contribution in [3.63, 3.8) is 0 Å². The van der Waals surface area contributed by atoms with E-state index in [1.54, 1.807) is 0 Å². The van der Waals surface area contributed by atoms with E-state index in [0.29, 0.717) is 0 Å². The molecule has 0 saturated carbocycles. The summed E-state index contributed by atoms with van der Waals surface area (Å²) in [7, 11) is 0. The van der Waals surface area contributed by atoms with Crippen molar-refractivity contribution in [1.29, 1.82) is 0 Å². The molecule has 1 heterocycles. The minimum absolute atomic E-state index is 0.0407. The molecule has 0 unspecified atom stereocenters. The smallest absolute Gasteiger partial charge is 0.266 e.